The first-order chi connectivity index (χ1) is 11.2. The third kappa shape index (κ3) is 3.99. The van der Waals surface area contributed by atoms with Crippen molar-refractivity contribution in [1.29, 1.82) is 0 Å². The lowest BCUT2D eigenvalue weighted by atomic mass is 10.1. The largest absolute Gasteiger partial charge is 0.361 e. The van der Waals surface area contributed by atoms with Gasteiger partial charge in [0.05, 0.1) is 6.54 Å². The van der Waals surface area contributed by atoms with E-state index in [0.717, 1.165) is 24.2 Å². The minimum absolute atomic E-state index is 0.0206. The molecule has 0 radical (unpaired) electrons. The first-order valence-electron chi connectivity index (χ1n) is 7.84. The number of para-hydroxylation sites is 1. The predicted molar refractivity (Wildman–Crippen MR) is 94.7 cm³/mol. The zero-order chi connectivity index (χ0) is 16.1. The molecular weight excluding hydrogens is 286 g/mol. The van der Waals surface area contributed by atoms with Crippen LogP contribution in [0.25, 0.3) is 10.9 Å². The average molecular weight is 307 g/mol. The van der Waals surface area contributed by atoms with Gasteiger partial charge in [0, 0.05) is 22.8 Å². The molecule has 3 N–H and O–H groups in total. The summed E-state index contributed by atoms with van der Waals surface area (Å²) in [6.07, 6.45) is 2.93. The van der Waals surface area contributed by atoms with E-state index in [2.05, 4.69) is 27.8 Å². The standard InChI is InChI=1S/C19H21N3O/c1-14-6-8-16(9-7-14)22-19(23)13-20-11-10-15-12-21-18-5-3-2-4-17(15)18/h2-9,12,20-21H,10-11,13H2,1H3,(H,22,23). The number of H-pyrrole nitrogens is 1. The molecule has 2 aromatic carbocycles. The van der Waals surface area contributed by atoms with Gasteiger partial charge in [0.1, 0.15) is 0 Å². The molecule has 118 valence electrons. The maximum absolute atomic E-state index is 11.9. The van der Waals surface area contributed by atoms with Crippen molar-refractivity contribution in [3.05, 3.63) is 65.9 Å². The maximum Gasteiger partial charge on any atom is 0.238 e. The van der Waals surface area contributed by atoms with Crippen LogP contribution in [0.15, 0.2) is 54.7 Å². The number of anilines is 1. The first-order valence-corrected chi connectivity index (χ1v) is 7.84. The number of benzene rings is 2. The van der Waals surface area contributed by atoms with E-state index in [4.69, 9.17) is 0 Å². The minimum Gasteiger partial charge on any atom is -0.361 e. The number of fused-ring (bicyclic) bond motifs is 1. The molecule has 1 amide bonds. The summed E-state index contributed by atoms with van der Waals surface area (Å²) in [4.78, 5) is 15.2. The number of rotatable bonds is 6. The molecule has 0 spiro atoms. The van der Waals surface area contributed by atoms with E-state index in [-0.39, 0.29) is 5.91 Å². The van der Waals surface area contributed by atoms with Crippen LogP contribution in [0.2, 0.25) is 0 Å². The lowest BCUT2D eigenvalue weighted by Gasteiger charge is -2.07. The number of aromatic nitrogens is 1. The van der Waals surface area contributed by atoms with Crippen LogP contribution < -0.4 is 10.6 Å². The highest BCUT2D eigenvalue weighted by atomic mass is 16.1. The molecule has 0 unspecified atom stereocenters. The lowest BCUT2D eigenvalue weighted by Crippen LogP contribution is -2.29. The minimum atomic E-state index is -0.0206. The molecule has 0 aliphatic rings. The first kappa shape index (κ1) is 15.3. The molecule has 1 heterocycles. The Kier molecular flexibility index (Phi) is 4.74. The Labute approximate surface area is 135 Å². The number of carbonyl (C=O) groups is 1. The van der Waals surface area contributed by atoms with Crippen LogP contribution in [-0.4, -0.2) is 24.0 Å². The highest BCUT2D eigenvalue weighted by Gasteiger charge is 2.04. The molecule has 0 saturated heterocycles. The molecule has 4 heteroatoms. The fourth-order valence-electron chi connectivity index (χ4n) is 2.61. The number of aromatic amines is 1. The molecule has 0 aliphatic heterocycles. The third-order valence-electron chi connectivity index (χ3n) is 3.87. The van der Waals surface area contributed by atoms with E-state index in [0.29, 0.717) is 6.54 Å². The van der Waals surface area contributed by atoms with Crippen LogP contribution in [0, 0.1) is 6.92 Å². The summed E-state index contributed by atoms with van der Waals surface area (Å²) in [6, 6.07) is 16.1. The average Bonchev–Trinajstić information content (AvgIpc) is 2.97. The summed E-state index contributed by atoms with van der Waals surface area (Å²) in [6.45, 7) is 3.11. The van der Waals surface area contributed by atoms with E-state index >= 15 is 0 Å². The van der Waals surface area contributed by atoms with Crippen molar-refractivity contribution in [2.24, 2.45) is 0 Å². The van der Waals surface area contributed by atoms with Crippen LogP contribution in [-0.2, 0) is 11.2 Å². The van der Waals surface area contributed by atoms with Gasteiger partial charge in [-0.25, -0.2) is 0 Å². The number of aryl methyl sites for hydroxylation is 1. The monoisotopic (exact) mass is 307 g/mol. The van der Waals surface area contributed by atoms with Gasteiger partial charge >= 0.3 is 0 Å². The Balaban J connectivity index is 1.44. The zero-order valence-electron chi connectivity index (χ0n) is 13.2. The van der Waals surface area contributed by atoms with Crippen molar-refractivity contribution in [3.8, 4) is 0 Å². The van der Waals surface area contributed by atoms with Gasteiger partial charge in [0.2, 0.25) is 5.91 Å². The summed E-state index contributed by atoms with van der Waals surface area (Å²) in [5, 5.41) is 7.33. The van der Waals surface area contributed by atoms with Gasteiger partial charge in [-0.2, -0.15) is 0 Å². The molecule has 23 heavy (non-hydrogen) atoms. The predicted octanol–water partition coefficient (Wildman–Crippen LogP) is 3.25. The number of carbonyl (C=O) groups excluding carboxylic acids is 1. The van der Waals surface area contributed by atoms with E-state index in [1.807, 2.05) is 49.5 Å². The van der Waals surface area contributed by atoms with Crippen molar-refractivity contribution in [1.82, 2.24) is 10.3 Å². The van der Waals surface area contributed by atoms with Crippen molar-refractivity contribution in [2.75, 3.05) is 18.4 Å². The van der Waals surface area contributed by atoms with Crippen molar-refractivity contribution in [2.45, 2.75) is 13.3 Å². The highest BCUT2D eigenvalue weighted by Crippen LogP contribution is 2.17. The lowest BCUT2D eigenvalue weighted by molar-refractivity contribution is -0.115. The van der Waals surface area contributed by atoms with E-state index < -0.39 is 0 Å². The molecule has 4 nitrogen and oxygen atoms in total. The van der Waals surface area contributed by atoms with Crippen LogP contribution in [0.3, 0.4) is 0 Å². The molecule has 3 rings (SSSR count). The van der Waals surface area contributed by atoms with Crippen molar-refractivity contribution < 1.29 is 4.79 Å². The fraction of sp³-hybridized carbons (Fsp3) is 0.211. The molecule has 0 saturated carbocycles. The molecule has 0 fully saturated rings. The number of hydrogen-bond acceptors (Lipinski definition) is 2. The summed E-state index contributed by atoms with van der Waals surface area (Å²) >= 11 is 0. The van der Waals surface area contributed by atoms with E-state index in [9.17, 15) is 4.79 Å². The van der Waals surface area contributed by atoms with Crippen LogP contribution in [0.1, 0.15) is 11.1 Å². The Morgan fingerprint density at radius 2 is 1.87 bits per heavy atom. The van der Waals surface area contributed by atoms with Crippen molar-refractivity contribution in [3.63, 3.8) is 0 Å². The Bertz CT molecular complexity index is 790. The van der Waals surface area contributed by atoms with Gasteiger partial charge in [-0.05, 0) is 43.7 Å². The number of amides is 1. The summed E-state index contributed by atoms with van der Waals surface area (Å²) < 4.78 is 0. The Morgan fingerprint density at radius 3 is 2.70 bits per heavy atom. The Hall–Kier alpha value is -2.59. The molecule has 1 aromatic heterocycles. The van der Waals surface area contributed by atoms with Crippen LogP contribution in [0.4, 0.5) is 5.69 Å². The molecule has 3 aromatic rings. The highest BCUT2D eigenvalue weighted by molar-refractivity contribution is 5.92. The zero-order valence-corrected chi connectivity index (χ0v) is 13.2. The van der Waals surface area contributed by atoms with Gasteiger partial charge in [0.15, 0.2) is 0 Å². The topological polar surface area (TPSA) is 56.9 Å². The van der Waals surface area contributed by atoms with Gasteiger partial charge in [-0.3, -0.25) is 4.79 Å². The third-order valence-corrected chi connectivity index (χ3v) is 3.87. The van der Waals surface area contributed by atoms with E-state index in [1.165, 1.54) is 16.5 Å². The summed E-state index contributed by atoms with van der Waals surface area (Å²) in [5.41, 5.74) is 4.44. The second kappa shape index (κ2) is 7.11. The number of hydrogen-bond donors (Lipinski definition) is 3. The van der Waals surface area contributed by atoms with Gasteiger partial charge in [-0.1, -0.05) is 35.9 Å². The molecule has 0 bridgehead atoms. The summed E-state index contributed by atoms with van der Waals surface area (Å²) in [7, 11) is 0. The second-order valence-electron chi connectivity index (χ2n) is 5.70. The molecular formula is C19H21N3O. The van der Waals surface area contributed by atoms with Crippen molar-refractivity contribution >= 4 is 22.5 Å². The molecule has 0 aliphatic carbocycles. The maximum atomic E-state index is 11.9. The van der Waals surface area contributed by atoms with Crippen LogP contribution in [0.5, 0.6) is 0 Å². The fourth-order valence-corrected chi connectivity index (χ4v) is 2.61. The summed E-state index contributed by atoms with van der Waals surface area (Å²) in [5.74, 6) is -0.0206. The van der Waals surface area contributed by atoms with Gasteiger partial charge in [-0.15, -0.1) is 0 Å². The smallest absolute Gasteiger partial charge is 0.238 e. The Morgan fingerprint density at radius 1 is 1.09 bits per heavy atom. The second-order valence-corrected chi connectivity index (χ2v) is 5.70. The molecule has 0 atom stereocenters. The van der Waals surface area contributed by atoms with E-state index in [1.54, 1.807) is 0 Å². The quantitative estimate of drug-likeness (QED) is 0.612. The van der Waals surface area contributed by atoms with Gasteiger partial charge < -0.3 is 15.6 Å². The van der Waals surface area contributed by atoms with Gasteiger partial charge in [0.25, 0.3) is 0 Å². The van der Waals surface area contributed by atoms with Crippen LogP contribution >= 0.6 is 0 Å². The normalized spacial score (nSPS) is 10.8. The number of nitrogens with one attached hydrogen (secondary N) is 3. The SMILES string of the molecule is Cc1ccc(NC(=O)CNCCc2c[nH]c3ccccc23)cc1.